The zero-order valence-electron chi connectivity index (χ0n) is 15.5. The summed E-state index contributed by atoms with van der Waals surface area (Å²) in [6.45, 7) is 7.39. The molecule has 0 atom stereocenters. The van der Waals surface area contributed by atoms with E-state index in [2.05, 4.69) is 5.32 Å². The molecule has 1 fully saturated rings. The molecule has 1 aliphatic carbocycles. The van der Waals surface area contributed by atoms with E-state index in [-0.39, 0.29) is 17.7 Å². The van der Waals surface area contributed by atoms with Gasteiger partial charge >= 0.3 is 6.09 Å². The molecule has 0 bridgehead atoms. The molecule has 0 spiro atoms. The molecule has 0 unspecified atom stereocenters. The summed E-state index contributed by atoms with van der Waals surface area (Å²) in [5, 5.41) is 2.89. The number of rotatable bonds is 4. The number of alkyl carbamates (subject to hydrolysis) is 1. The molecule has 25 heavy (non-hydrogen) atoms. The third-order valence-electron chi connectivity index (χ3n) is 4.37. The van der Waals surface area contributed by atoms with Crippen LogP contribution in [-0.2, 0) is 14.6 Å². The molecular formula is C19H29NO4S. The van der Waals surface area contributed by atoms with Gasteiger partial charge in [0.05, 0.1) is 10.6 Å². The molecule has 1 N–H and O–H groups in total. The Morgan fingerprint density at radius 2 is 1.84 bits per heavy atom. The van der Waals surface area contributed by atoms with Gasteiger partial charge in [0.25, 0.3) is 0 Å². The van der Waals surface area contributed by atoms with Crippen LogP contribution in [0.15, 0.2) is 29.2 Å². The third-order valence-corrected chi connectivity index (χ3v) is 6.25. The summed E-state index contributed by atoms with van der Waals surface area (Å²) in [7, 11) is -3.26. The average Bonchev–Trinajstić information content (AvgIpc) is 2.47. The first-order valence-corrected chi connectivity index (χ1v) is 10.5. The first-order valence-electron chi connectivity index (χ1n) is 8.84. The number of carbonyl (C=O) groups excluding carboxylic acids is 1. The lowest BCUT2D eigenvalue weighted by Gasteiger charge is -2.30. The van der Waals surface area contributed by atoms with Crippen LogP contribution in [0.5, 0.6) is 0 Å². The van der Waals surface area contributed by atoms with Crippen molar-refractivity contribution in [3.05, 3.63) is 29.8 Å². The van der Waals surface area contributed by atoms with E-state index in [1.165, 1.54) is 0 Å². The number of nitrogens with one attached hydrogen (secondary N) is 1. The Morgan fingerprint density at radius 3 is 2.40 bits per heavy atom. The van der Waals surface area contributed by atoms with Crippen molar-refractivity contribution in [1.82, 2.24) is 5.32 Å². The average molecular weight is 368 g/mol. The Kier molecular flexibility index (Phi) is 6.14. The number of sulfone groups is 1. The molecule has 0 radical (unpaired) electrons. The Balaban J connectivity index is 1.85. The van der Waals surface area contributed by atoms with Crippen molar-refractivity contribution in [2.24, 2.45) is 5.92 Å². The van der Waals surface area contributed by atoms with Crippen molar-refractivity contribution in [3.63, 3.8) is 0 Å². The Hall–Kier alpha value is -1.56. The van der Waals surface area contributed by atoms with E-state index in [0.29, 0.717) is 4.90 Å². The van der Waals surface area contributed by atoms with Crippen molar-refractivity contribution in [1.29, 1.82) is 0 Å². The monoisotopic (exact) mass is 367 g/mol. The van der Waals surface area contributed by atoms with Gasteiger partial charge in [-0.15, -0.1) is 0 Å². The van der Waals surface area contributed by atoms with E-state index in [4.69, 9.17) is 4.74 Å². The normalized spacial score (nSPS) is 21.6. The molecule has 1 saturated carbocycles. The molecule has 0 aromatic heterocycles. The van der Waals surface area contributed by atoms with Crippen LogP contribution in [0.3, 0.4) is 0 Å². The second kappa shape index (κ2) is 7.77. The minimum atomic E-state index is -3.26. The molecule has 0 aliphatic heterocycles. The van der Waals surface area contributed by atoms with Crippen LogP contribution in [-0.4, -0.2) is 31.9 Å². The molecule has 1 aromatic carbocycles. The van der Waals surface area contributed by atoms with Gasteiger partial charge in [0.15, 0.2) is 9.84 Å². The summed E-state index contributed by atoms with van der Waals surface area (Å²) in [6, 6.07) is 7.13. The second-order valence-electron chi connectivity index (χ2n) is 7.96. The standard InChI is InChI=1S/C19H29NO4S/c1-14-6-5-7-17(12-14)25(22,23)13-15-8-10-16(11-9-15)20-18(21)24-19(2,3)4/h5-7,12,15-16H,8-11,13H2,1-4H3,(H,20,21)/t15-,16+. The maximum absolute atomic E-state index is 12.6. The number of carbonyl (C=O) groups is 1. The summed E-state index contributed by atoms with van der Waals surface area (Å²) in [6.07, 6.45) is 2.76. The fourth-order valence-electron chi connectivity index (χ4n) is 3.16. The minimum Gasteiger partial charge on any atom is -0.444 e. The van der Waals surface area contributed by atoms with Crippen molar-refractivity contribution >= 4 is 15.9 Å². The molecule has 140 valence electrons. The quantitative estimate of drug-likeness (QED) is 0.877. The van der Waals surface area contributed by atoms with Crippen molar-refractivity contribution in [2.45, 2.75) is 69.9 Å². The maximum atomic E-state index is 12.6. The van der Waals surface area contributed by atoms with Gasteiger partial charge in [-0.25, -0.2) is 13.2 Å². The zero-order chi connectivity index (χ0) is 18.7. The number of hydrogen-bond acceptors (Lipinski definition) is 4. The summed E-state index contributed by atoms with van der Waals surface area (Å²) in [5.74, 6) is 0.317. The van der Waals surface area contributed by atoms with Gasteiger partial charge in [0, 0.05) is 6.04 Å². The lowest BCUT2D eigenvalue weighted by molar-refractivity contribution is 0.0488. The van der Waals surface area contributed by atoms with E-state index in [1.54, 1.807) is 18.2 Å². The van der Waals surface area contributed by atoms with Gasteiger partial charge in [0.2, 0.25) is 0 Å². The van der Waals surface area contributed by atoms with Crippen LogP contribution in [0.25, 0.3) is 0 Å². The molecule has 0 saturated heterocycles. The van der Waals surface area contributed by atoms with Gasteiger partial charge < -0.3 is 10.1 Å². The van der Waals surface area contributed by atoms with E-state index < -0.39 is 21.5 Å². The minimum absolute atomic E-state index is 0.0628. The van der Waals surface area contributed by atoms with E-state index in [0.717, 1.165) is 31.2 Å². The first-order chi connectivity index (χ1) is 11.5. The molecule has 2 rings (SSSR count). The fourth-order valence-corrected chi connectivity index (χ4v) is 4.96. The van der Waals surface area contributed by atoms with Gasteiger partial charge in [-0.1, -0.05) is 12.1 Å². The Bertz CT molecular complexity index is 698. The largest absolute Gasteiger partial charge is 0.444 e. The Labute approximate surface area is 151 Å². The number of amides is 1. The SMILES string of the molecule is Cc1cccc(S(=O)(=O)C[C@H]2CC[C@@H](NC(=O)OC(C)(C)C)CC2)c1. The number of hydrogen-bond donors (Lipinski definition) is 1. The highest BCUT2D eigenvalue weighted by Gasteiger charge is 2.28. The molecule has 1 amide bonds. The van der Waals surface area contributed by atoms with Crippen molar-refractivity contribution in [3.8, 4) is 0 Å². The van der Waals surface area contributed by atoms with Gasteiger partial charge in [0.1, 0.15) is 5.60 Å². The van der Waals surface area contributed by atoms with Crippen LogP contribution in [0.1, 0.15) is 52.0 Å². The molecule has 5 nitrogen and oxygen atoms in total. The number of ether oxygens (including phenoxy) is 1. The van der Waals surface area contributed by atoms with Crippen LogP contribution >= 0.6 is 0 Å². The lowest BCUT2D eigenvalue weighted by Crippen LogP contribution is -2.41. The smallest absolute Gasteiger partial charge is 0.407 e. The van der Waals surface area contributed by atoms with Crippen LogP contribution < -0.4 is 5.32 Å². The highest BCUT2D eigenvalue weighted by Crippen LogP contribution is 2.28. The van der Waals surface area contributed by atoms with Crippen molar-refractivity contribution in [2.75, 3.05) is 5.75 Å². The summed E-state index contributed by atoms with van der Waals surface area (Å²) in [5.41, 5.74) is 0.440. The summed E-state index contributed by atoms with van der Waals surface area (Å²) < 4.78 is 30.4. The molecule has 0 heterocycles. The topological polar surface area (TPSA) is 72.5 Å². The molecule has 6 heteroatoms. The van der Waals surface area contributed by atoms with Crippen molar-refractivity contribution < 1.29 is 17.9 Å². The van der Waals surface area contributed by atoms with E-state index in [9.17, 15) is 13.2 Å². The van der Waals surface area contributed by atoms with Crippen LogP contribution in [0.4, 0.5) is 4.79 Å². The number of aryl methyl sites for hydroxylation is 1. The molecular weight excluding hydrogens is 338 g/mol. The predicted molar refractivity (Wildman–Crippen MR) is 98.3 cm³/mol. The Morgan fingerprint density at radius 1 is 1.20 bits per heavy atom. The van der Waals surface area contributed by atoms with Gasteiger partial charge in [-0.05, 0) is 77.0 Å². The van der Waals surface area contributed by atoms with E-state index >= 15 is 0 Å². The molecule has 1 aliphatic rings. The predicted octanol–water partition coefficient (Wildman–Crippen LogP) is 3.85. The fraction of sp³-hybridized carbons (Fsp3) is 0.632. The van der Waals surface area contributed by atoms with Crippen LogP contribution in [0.2, 0.25) is 0 Å². The number of benzene rings is 1. The third kappa shape index (κ3) is 6.34. The van der Waals surface area contributed by atoms with Gasteiger partial charge in [-0.2, -0.15) is 0 Å². The molecule has 1 aromatic rings. The first kappa shape index (κ1) is 19.8. The summed E-state index contributed by atoms with van der Waals surface area (Å²) >= 11 is 0. The highest BCUT2D eigenvalue weighted by molar-refractivity contribution is 7.91. The highest BCUT2D eigenvalue weighted by atomic mass is 32.2. The van der Waals surface area contributed by atoms with E-state index in [1.807, 2.05) is 33.8 Å². The maximum Gasteiger partial charge on any atom is 0.407 e. The lowest BCUT2D eigenvalue weighted by atomic mass is 9.87. The summed E-state index contributed by atoms with van der Waals surface area (Å²) in [4.78, 5) is 12.2. The second-order valence-corrected chi connectivity index (χ2v) is 10.00. The zero-order valence-corrected chi connectivity index (χ0v) is 16.4. The van der Waals surface area contributed by atoms with Gasteiger partial charge in [-0.3, -0.25) is 0 Å². The van der Waals surface area contributed by atoms with Crippen LogP contribution in [0, 0.1) is 12.8 Å².